The third-order valence-corrected chi connectivity index (χ3v) is 4.22. The monoisotopic (exact) mass is 285 g/mol. The Morgan fingerprint density at radius 1 is 1.38 bits per heavy atom. The Morgan fingerprint density at radius 2 is 2.24 bits per heavy atom. The predicted molar refractivity (Wildman–Crippen MR) is 83.8 cm³/mol. The molecule has 0 aromatic carbocycles. The molecule has 0 saturated heterocycles. The molecule has 2 aromatic heterocycles. The van der Waals surface area contributed by atoms with E-state index in [1.165, 1.54) is 30.4 Å². The third-order valence-electron chi connectivity index (χ3n) is 4.22. The van der Waals surface area contributed by atoms with Crippen molar-refractivity contribution in [3.05, 3.63) is 47.0 Å². The number of aryl methyl sites for hydroxylation is 2. The van der Waals surface area contributed by atoms with Gasteiger partial charge < -0.3 is 14.6 Å². The average molecular weight is 285 g/mol. The Kier molecular flexibility index (Phi) is 3.97. The molecule has 4 nitrogen and oxygen atoms in total. The minimum absolute atomic E-state index is 0.495. The van der Waals surface area contributed by atoms with Crippen molar-refractivity contribution >= 4 is 0 Å². The zero-order chi connectivity index (χ0) is 14.8. The second-order valence-corrected chi connectivity index (χ2v) is 5.78. The Labute approximate surface area is 126 Å². The van der Waals surface area contributed by atoms with Crippen LogP contribution in [0.4, 0.5) is 0 Å². The highest BCUT2D eigenvalue weighted by atomic mass is 16.5. The van der Waals surface area contributed by atoms with E-state index in [1.807, 2.05) is 26.1 Å². The molecule has 0 spiro atoms. The van der Waals surface area contributed by atoms with Crippen molar-refractivity contribution in [2.45, 2.75) is 38.8 Å². The SMILES string of the molecule is CNC1CCCc2cn(Cc3cc(OC)cc(C)n3)cc21. The lowest BCUT2D eigenvalue weighted by Gasteiger charge is -2.21. The average Bonchev–Trinajstić information content (AvgIpc) is 2.88. The number of fused-ring (bicyclic) bond motifs is 1. The first kappa shape index (κ1) is 14.1. The highest BCUT2D eigenvalue weighted by molar-refractivity contribution is 5.32. The summed E-state index contributed by atoms with van der Waals surface area (Å²) in [6.07, 6.45) is 8.22. The van der Waals surface area contributed by atoms with E-state index in [2.05, 4.69) is 27.3 Å². The molecule has 1 aliphatic carbocycles. The van der Waals surface area contributed by atoms with Gasteiger partial charge in [-0.3, -0.25) is 4.98 Å². The molecule has 0 amide bonds. The van der Waals surface area contributed by atoms with Gasteiger partial charge in [0.15, 0.2) is 0 Å². The van der Waals surface area contributed by atoms with E-state index in [0.717, 1.165) is 23.7 Å². The molecular weight excluding hydrogens is 262 g/mol. The largest absolute Gasteiger partial charge is 0.497 e. The van der Waals surface area contributed by atoms with E-state index in [-0.39, 0.29) is 0 Å². The summed E-state index contributed by atoms with van der Waals surface area (Å²) >= 11 is 0. The van der Waals surface area contributed by atoms with Crippen LogP contribution in [0.3, 0.4) is 0 Å². The minimum atomic E-state index is 0.495. The number of aromatic nitrogens is 2. The summed E-state index contributed by atoms with van der Waals surface area (Å²) < 4.78 is 7.58. The Hall–Kier alpha value is -1.81. The van der Waals surface area contributed by atoms with Crippen molar-refractivity contribution < 1.29 is 4.74 Å². The number of ether oxygens (including phenoxy) is 1. The van der Waals surface area contributed by atoms with Crippen molar-refractivity contribution in [1.82, 2.24) is 14.9 Å². The predicted octanol–water partition coefficient (Wildman–Crippen LogP) is 2.85. The molecule has 1 N–H and O–H groups in total. The van der Waals surface area contributed by atoms with E-state index in [1.54, 1.807) is 7.11 Å². The lowest BCUT2D eigenvalue weighted by Crippen LogP contribution is -2.20. The number of rotatable bonds is 4. The second-order valence-electron chi connectivity index (χ2n) is 5.78. The van der Waals surface area contributed by atoms with Crippen LogP contribution in [0.2, 0.25) is 0 Å². The summed E-state index contributed by atoms with van der Waals surface area (Å²) in [5.74, 6) is 0.877. The van der Waals surface area contributed by atoms with Crippen molar-refractivity contribution in [2.24, 2.45) is 0 Å². The maximum Gasteiger partial charge on any atom is 0.122 e. The molecule has 2 heterocycles. The molecule has 1 unspecified atom stereocenters. The maximum atomic E-state index is 5.33. The maximum absolute atomic E-state index is 5.33. The number of hydrogen-bond donors (Lipinski definition) is 1. The zero-order valence-electron chi connectivity index (χ0n) is 13.0. The quantitative estimate of drug-likeness (QED) is 0.939. The van der Waals surface area contributed by atoms with Gasteiger partial charge in [0, 0.05) is 36.3 Å². The lowest BCUT2D eigenvalue weighted by atomic mass is 9.91. The van der Waals surface area contributed by atoms with E-state index in [0.29, 0.717) is 6.04 Å². The van der Waals surface area contributed by atoms with Gasteiger partial charge in [-0.1, -0.05) is 0 Å². The van der Waals surface area contributed by atoms with Gasteiger partial charge in [-0.25, -0.2) is 0 Å². The van der Waals surface area contributed by atoms with E-state index < -0.39 is 0 Å². The fourth-order valence-electron chi connectivity index (χ4n) is 3.23. The van der Waals surface area contributed by atoms with Crippen molar-refractivity contribution in [1.29, 1.82) is 0 Å². The van der Waals surface area contributed by atoms with E-state index in [4.69, 9.17) is 4.74 Å². The van der Waals surface area contributed by atoms with Crippen LogP contribution in [0.15, 0.2) is 24.5 Å². The first-order valence-electron chi connectivity index (χ1n) is 7.57. The molecule has 2 aromatic rings. The summed E-state index contributed by atoms with van der Waals surface area (Å²) in [5.41, 5.74) is 4.96. The van der Waals surface area contributed by atoms with Crippen LogP contribution in [0, 0.1) is 6.92 Å². The molecule has 0 aliphatic heterocycles. The molecule has 1 atom stereocenters. The van der Waals surface area contributed by atoms with Crippen molar-refractivity contribution in [2.75, 3.05) is 14.2 Å². The second kappa shape index (κ2) is 5.90. The summed E-state index contributed by atoms with van der Waals surface area (Å²) in [5, 5.41) is 3.42. The van der Waals surface area contributed by atoms with Crippen LogP contribution >= 0.6 is 0 Å². The van der Waals surface area contributed by atoms with Crippen LogP contribution in [0.5, 0.6) is 5.75 Å². The highest BCUT2D eigenvalue weighted by Crippen LogP contribution is 2.30. The molecule has 3 rings (SSSR count). The van der Waals surface area contributed by atoms with E-state index >= 15 is 0 Å². The Bertz CT molecular complexity index is 633. The molecule has 21 heavy (non-hydrogen) atoms. The molecule has 4 heteroatoms. The van der Waals surface area contributed by atoms with Gasteiger partial charge in [-0.05, 0) is 44.4 Å². The summed E-state index contributed by atoms with van der Waals surface area (Å²) in [4.78, 5) is 4.61. The first-order chi connectivity index (χ1) is 10.2. The van der Waals surface area contributed by atoms with Crippen LogP contribution in [-0.4, -0.2) is 23.7 Å². The lowest BCUT2D eigenvalue weighted by molar-refractivity contribution is 0.413. The molecule has 112 valence electrons. The molecule has 1 aliphatic rings. The minimum Gasteiger partial charge on any atom is -0.497 e. The highest BCUT2D eigenvalue weighted by Gasteiger charge is 2.20. The molecule has 0 radical (unpaired) electrons. The van der Waals surface area contributed by atoms with E-state index in [9.17, 15) is 0 Å². The van der Waals surface area contributed by atoms with Gasteiger partial charge in [-0.15, -0.1) is 0 Å². The summed E-state index contributed by atoms with van der Waals surface area (Å²) in [7, 11) is 3.74. The molecule has 0 saturated carbocycles. The number of hydrogen-bond acceptors (Lipinski definition) is 3. The van der Waals surface area contributed by atoms with Gasteiger partial charge in [-0.2, -0.15) is 0 Å². The molecule has 0 bridgehead atoms. The van der Waals surface area contributed by atoms with Gasteiger partial charge in [0.05, 0.1) is 19.3 Å². The standard InChI is InChI=1S/C17H23N3O/c1-12-7-15(21-3)8-14(19-12)10-20-9-13-5-4-6-17(18-2)16(13)11-20/h7-9,11,17-18H,4-6,10H2,1-3H3. The zero-order valence-corrected chi connectivity index (χ0v) is 13.0. The first-order valence-corrected chi connectivity index (χ1v) is 7.57. The van der Waals surface area contributed by atoms with Gasteiger partial charge in [0.2, 0.25) is 0 Å². The van der Waals surface area contributed by atoms with Crippen LogP contribution < -0.4 is 10.1 Å². The van der Waals surface area contributed by atoms with Gasteiger partial charge >= 0.3 is 0 Å². The Balaban J connectivity index is 1.86. The van der Waals surface area contributed by atoms with Gasteiger partial charge in [0.25, 0.3) is 0 Å². The molecule has 0 fully saturated rings. The Morgan fingerprint density at radius 3 is 3.00 bits per heavy atom. The number of nitrogens with zero attached hydrogens (tertiary/aromatic N) is 2. The fraction of sp³-hybridized carbons (Fsp3) is 0.471. The number of nitrogens with one attached hydrogen (secondary N) is 1. The fourth-order valence-corrected chi connectivity index (χ4v) is 3.23. The summed E-state index contributed by atoms with van der Waals surface area (Å²) in [6, 6.07) is 4.47. The van der Waals surface area contributed by atoms with Crippen LogP contribution in [0.1, 0.15) is 41.4 Å². The third kappa shape index (κ3) is 2.95. The topological polar surface area (TPSA) is 39.1 Å². The van der Waals surface area contributed by atoms with Crippen LogP contribution in [0.25, 0.3) is 0 Å². The van der Waals surface area contributed by atoms with Crippen molar-refractivity contribution in [3.63, 3.8) is 0 Å². The normalized spacial score (nSPS) is 17.6. The molecular formula is C17H23N3O. The van der Waals surface area contributed by atoms with Gasteiger partial charge in [0.1, 0.15) is 5.75 Å². The number of pyridine rings is 1. The number of methoxy groups -OCH3 is 1. The van der Waals surface area contributed by atoms with Crippen LogP contribution in [-0.2, 0) is 13.0 Å². The smallest absolute Gasteiger partial charge is 0.122 e. The summed E-state index contributed by atoms with van der Waals surface area (Å²) in [6.45, 7) is 2.80. The van der Waals surface area contributed by atoms with Crippen molar-refractivity contribution in [3.8, 4) is 5.75 Å².